The van der Waals surface area contributed by atoms with Gasteiger partial charge in [0.25, 0.3) is 0 Å². The summed E-state index contributed by atoms with van der Waals surface area (Å²) in [4.78, 5) is 11.7. The van der Waals surface area contributed by atoms with E-state index < -0.39 is 5.97 Å². The summed E-state index contributed by atoms with van der Waals surface area (Å²) in [5, 5.41) is 9.19. The molecule has 116 valence electrons. The second kappa shape index (κ2) is 8.04. The number of ether oxygens (including phenoxy) is 4. The van der Waals surface area contributed by atoms with Gasteiger partial charge < -0.3 is 24.1 Å². The monoisotopic (exact) mass is 296 g/mol. The molecular weight excluding hydrogens is 276 g/mol. The number of aliphatic hydroxyl groups is 1. The van der Waals surface area contributed by atoms with Gasteiger partial charge in [0, 0.05) is 6.42 Å². The first-order valence-corrected chi connectivity index (χ1v) is 6.40. The van der Waals surface area contributed by atoms with Crippen LogP contribution in [0.3, 0.4) is 0 Å². The molecule has 6 nitrogen and oxygen atoms in total. The molecule has 0 amide bonds. The standard InChI is InChI=1S/C15H20O6/c1-5-21-15(17)11(9-16)6-10-7-12(18-2)14(20-4)13(8-10)19-3/h7-9,16H,5-6H2,1-4H3/b11-9-. The summed E-state index contributed by atoms with van der Waals surface area (Å²) < 4.78 is 20.6. The number of aliphatic hydroxyl groups excluding tert-OH is 1. The fraction of sp³-hybridized carbons (Fsp3) is 0.400. The van der Waals surface area contributed by atoms with Crippen molar-refractivity contribution in [2.24, 2.45) is 0 Å². The molecule has 0 atom stereocenters. The Morgan fingerprint density at radius 1 is 1.14 bits per heavy atom. The lowest BCUT2D eigenvalue weighted by Crippen LogP contribution is -2.10. The molecule has 0 saturated carbocycles. The maximum atomic E-state index is 11.7. The molecule has 1 aromatic carbocycles. The smallest absolute Gasteiger partial charge is 0.337 e. The highest BCUT2D eigenvalue weighted by atomic mass is 16.5. The summed E-state index contributed by atoms with van der Waals surface area (Å²) in [5.74, 6) is 0.865. The van der Waals surface area contributed by atoms with Gasteiger partial charge in [0.2, 0.25) is 5.75 Å². The summed E-state index contributed by atoms with van der Waals surface area (Å²) in [7, 11) is 4.53. The van der Waals surface area contributed by atoms with Gasteiger partial charge in [-0.2, -0.15) is 0 Å². The van der Waals surface area contributed by atoms with Crippen LogP contribution in [0.25, 0.3) is 0 Å². The highest BCUT2D eigenvalue weighted by molar-refractivity contribution is 5.88. The molecule has 0 saturated heterocycles. The van der Waals surface area contributed by atoms with Crippen molar-refractivity contribution in [3.05, 3.63) is 29.5 Å². The number of methoxy groups -OCH3 is 3. The van der Waals surface area contributed by atoms with Crippen LogP contribution in [-0.2, 0) is 16.0 Å². The number of hydrogen-bond donors (Lipinski definition) is 1. The van der Waals surface area contributed by atoms with Crippen molar-refractivity contribution in [3.63, 3.8) is 0 Å². The highest BCUT2D eigenvalue weighted by Crippen LogP contribution is 2.38. The van der Waals surface area contributed by atoms with Crippen LogP contribution in [0.1, 0.15) is 12.5 Å². The van der Waals surface area contributed by atoms with Gasteiger partial charge in [0.15, 0.2) is 11.5 Å². The Balaban J connectivity index is 3.11. The topological polar surface area (TPSA) is 74.2 Å². The SMILES string of the molecule is CCOC(=O)/C(=C\O)Cc1cc(OC)c(OC)c(OC)c1. The summed E-state index contributed by atoms with van der Waals surface area (Å²) >= 11 is 0. The Labute approximate surface area is 123 Å². The predicted octanol–water partition coefficient (Wildman–Crippen LogP) is 2.26. The molecule has 0 aliphatic heterocycles. The van der Waals surface area contributed by atoms with Gasteiger partial charge >= 0.3 is 5.97 Å². The Bertz CT molecular complexity index is 496. The van der Waals surface area contributed by atoms with Crippen LogP contribution >= 0.6 is 0 Å². The van der Waals surface area contributed by atoms with Crippen molar-refractivity contribution in [3.8, 4) is 17.2 Å². The molecule has 6 heteroatoms. The number of esters is 1. The van der Waals surface area contributed by atoms with Gasteiger partial charge in [-0.1, -0.05) is 0 Å². The molecule has 0 fully saturated rings. The van der Waals surface area contributed by atoms with E-state index in [1.54, 1.807) is 19.1 Å². The second-order valence-corrected chi connectivity index (χ2v) is 4.09. The molecule has 1 N–H and O–H groups in total. The summed E-state index contributed by atoms with van der Waals surface area (Å²) in [6.07, 6.45) is 0.938. The van der Waals surface area contributed by atoms with Gasteiger partial charge in [-0.05, 0) is 24.6 Å². The maximum Gasteiger partial charge on any atom is 0.337 e. The third-order valence-electron chi connectivity index (χ3n) is 2.81. The minimum absolute atomic E-state index is 0.145. The lowest BCUT2D eigenvalue weighted by molar-refractivity contribution is -0.138. The van der Waals surface area contributed by atoms with E-state index in [9.17, 15) is 9.90 Å². The first kappa shape index (κ1) is 16.7. The zero-order valence-corrected chi connectivity index (χ0v) is 12.6. The molecule has 0 aromatic heterocycles. The summed E-state index contributed by atoms with van der Waals surface area (Å²) in [5.41, 5.74) is 0.865. The van der Waals surface area contributed by atoms with E-state index in [0.717, 1.165) is 11.8 Å². The number of carbonyl (C=O) groups excluding carboxylic acids is 1. The molecule has 0 bridgehead atoms. The lowest BCUT2D eigenvalue weighted by Gasteiger charge is -2.14. The highest BCUT2D eigenvalue weighted by Gasteiger charge is 2.17. The molecule has 0 aliphatic carbocycles. The molecule has 0 unspecified atom stereocenters. The van der Waals surface area contributed by atoms with Crippen molar-refractivity contribution in [1.82, 2.24) is 0 Å². The maximum absolute atomic E-state index is 11.7. The van der Waals surface area contributed by atoms with Crippen molar-refractivity contribution >= 4 is 5.97 Å². The van der Waals surface area contributed by atoms with Crippen LogP contribution in [0.2, 0.25) is 0 Å². The molecule has 0 heterocycles. The zero-order valence-electron chi connectivity index (χ0n) is 12.6. The molecule has 21 heavy (non-hydrogen) atoms. The zero-order chi connectivity index (χ0) is 15.8. The van der Waals surface area contributed by atoms with E-state index in [0.29, 0.717) is 17.2 Å². The number of rotatable bonds is 7. The van der Waals surface area contributed by atoms with E-state index in [4.69, 9.17) is 18.9 Å². The predicted molar refractivity (Wildman–Crippen MR) is 77.1 cm³/mol. The van der Waals surface area contributed by atoms with Gasteiger partial charge in [-0.3, -0.25) is 0 Å². The average molecular weight is 296 g/mol. The minimum Gasteiger partial charge on any atom is -0.515 e. The summed E-state index contributed by atoms with van der Waals surface area (Å²) in [6.45, 7) is 1.94. The third-order valence-corrected chi connectivity index (χ3v) is 2.81. The molecule has 0 spiro atoms. The number of hydrogen-bond acceptors (Lipinski definition) is 6. The van der Waals surface area contributed by atoms with Crippen molar-refractivity contribution < 1.29 is 28.8 Å². The van der Waals surface area contributed by atoms with Crippen molar-refractivity contribution in [2.75, 3.05) is 27.9 Å². The third kappa shape index (κ3) is 4.05. The van der Waals surface area contributed by atoms with Crippen LogP contribution in [0.15, 0.2) is 24.0 Å². The van der Waals surface area contributed by atoms with Crippen LogP contribution in [0, 0.1) is 0 Å². The lowest BCUT2D eigenvalue weighted by atomic mass is 10.0. The van der Waals surface area contributed by atoms with Crippen LogP contribution < -0.4 is 14.2 Å². The van der Waals surface area contributed by atoms with Gasteiger partial charge in [-0.25, -0.2) is 4.79 Å². The second-order valence-electron chi connectivity index (χ2n) is 4.09. The van der Waals surface area contributed by atoms with E-state index >= 15 is 0 Å². The Morgan fingerprint density at radius 3 is 2.10 bits per heavy atom. The van der Waals surface area contributed by atoms with Gasteiger partial charge in [0.05, 0.1) is 39.8 Å². The van der Waals surface area contributed by atoms with Gasteiger partial charge in [0.1, 0.15) is 0 Å². The van der Waals surface area contributed by atoms with Crippen LogP contribution in [0.5, 0.6) is 17.2 Å². The van der Waals surface area contributed by atoms with Gasteiger partial charge in [-0.15, -0.1) is 0 Å². The normalized spacial score (nSPS) is 11.0. The summed E-state index contributed by atoms with van der Waals surface area (Å²) in [6, 6.07) is 3.42. The first-order chi connectivity index (χ1) is 10.1. The van der Waals surface area contributed by atoms with Crippen molar-refractivity contribution in [2.45, 2.75) is 13.3 Å². The number of benzene rings is 1. The fourth-order valence-electron chi connectivity index (χ4n) is 1.85. The van der Waals surface area contributed by atoms with Crippen LogP contribution in [-0.4, -0.2) is 39.0 Å². The van der Waals surface area contributed by atoms with E-state index in [-0.39, 0.29) is 18.6 Å². The van der Waals surface area contributed by atoms with E-state index in [2.05, 4.69) is 0 Å². The van der Waals surface area contributed by atoms with E-state index in [1.165, 1.54) is 21.3 Å². The number of carbonyl (C=O) groups is 1. The Hall–Kier alpha value is -2.37. The van der Waals surface area contributed by atoms with E-state index in [1.807, 2.05) is 0 Å². The van der Waals surface area contributed by atoms with Crippen molar-refractivity contribution in [1.29, 1.82) is 0 Å². The molecule has 1 aromatic rings. The Kier molecular flexibility index (Phi) is 6.39. The molecule has 0 aliphatic rings. The molecular formula is C15H20O6. The quantitative estimate of drug-likeness (QED) is 0.472. The largest absolute Gasteiger partial charge is 0.515 e. The minimum atomic E-state index is -0.561. The fourth-order valence-corrected chi connectivity index (χ4v) is 1.85. The first-order valence-electron chi connectivity index (χ1n) is 6.40. The van der Waals surface area contributed by atoms with Crippen LogP contribution in [0.4, 0.5) is 0 Å². The molecule has 0 radical (unpaired) electrons. The Morgan fingerprint density at radius 2 is 1.71 bits per heavy atom. The average Bonchev–Trinajstić information content (AvgIpc) is 2.51. The molecule has 1 rings (SSSR count).